The molecule has 0 spiro atoms. The summed E-state index contributed by atoms with van der Waals surface area (Å²) in [6.45, 7) is 8.54. The predicted octanol–water partition coefficient (Wildman–Crippen LogP) is 2.84. The molecule has 1 aliphatic heterocycles. The number of rotatable bonds is 4. The van der Waals surface area contributed by atoms with Crippen molar-refractivity contribution in [3.8, 4) is 0 Å². The molecule has 2 N–H and O–H groups in total. The fourth-order valence-electron chi connectivity index (χ4n) is 2.84. The van der Waals surface area contributed by atoms with Crippen molar-refractivity contribution in [1.29, 1.82) is 0 Å². The fraction of sp³-hybridized carbons (Fsp3) is 0.600. The van der Waals surface area contributed by atoms with E-state index >= 15 is 0 Å². The van der Waals surface area contributed by atoms with Crippen molar-refractivity contribution in [2.75, 3.05) is 32.8 Å². The number of aliphatic hydroxyl groups excluding tert-OH is 1. The molecule has 114 valence electrons. The highest BCUT2D eigenvalue weighted by molar-refractivity contribution is 9.10. The largest absolute Gasteiger partial charge is 0.396 e. The van der Waals surface area contributed by atoms with E-state index < -0.39 is 0 Å². The number of aliphatic hydroxyl groups is 1. The normalized spacial score (nSPS) is 18.4. The van der Waals surface area contributed by atoms with Crippen LogP contribution in [0.5, 0.6) is 0 Å². The smallest absolute Gasteiger partial charge is 0.0500 e. The minimum Gasteiger partial charge on any atom is -0.396 e. The van der Waals surface area contributed by atoms with Crippen molar-refractivity contribution in [2.45, 2.75) is 19.9 Å². The SMILES string of the molecule is CC(C)(CO)[C@@H](c1ccccc1Br)N1CCNCC1.Cl. The summed E-state index contributed by atoms with van der Waals surface area (Å²) in [5.41, 5.74) is 1.10. The summed E-state index contributed by atoms with van der Waals surface area (Å²) in [7, 11) is 0. The van der Waals surface area contributed by atoms with E-state index in [-0.39, 0.29) is 30.5 Å². The number of benzene rings is 1. The number of halogens is 2. The molecule has 0 saturated carbocycles. The Hall–Kier alpha value is -0.130. The highest BCUT2D eigenvalue weighted by Gasteiger charge is 2.36. The van der Waals surface area contributed by atoms with E-state index in [1.165, 1.54) is 5.56 Å². The molecule has 0 radical (unpaired) electrons. The van der Waals surface area contributed by atoms with E-state index in [0.717, 1.165) is 30.7 Å². The Bertz CT molecular complexity index is 422. The Morgan fingerprint density at radius 3 is 2.45 bits per heavy atom. The van der Waals surface area contributed by atoms with Crippen LogP contribution in [0.15, 0.2) is 28.7 Å². The van der Waals surface area contributed by atoms with Gasteiger partial charge in [-0.25, -0.2) is 0 Å². The Morgan fingerprint density at radius 1 is 1.30 bits per heavy atom. The third-order valence-electron chi connectivity index (χ3n) is 3.86. The lowest BCUT2D eigenvalue weighted by molar-refractivity contribution is 0.0301. The van der Waals surface area contributed by atoms with Gasteiger partial charge in [0.1, 0.15) is 0 Å². The molecule has 3 nitrogen and oxygen atoms in total. The van der Waals surface area contributed by atoms with Crippen LogP contribution in [-0.2, 0) is 0 Å². The van der Waals surface area contributed by atoms with Crippen LogP contribution in [0, 0.1) is 5.41 Å². The molecule has 0 bridgehead atoms. The Labute approximate surface area is 136 Å². The summed E-state index contributed by atoms with van der Waals surface area (Å²) < 4.78 is 1.13. The van der Waals surface area contributed by atoms with Gasteiger partial charge >= 0.3 is 0 Å². The number of hydrogen-bond donors (Lipinski definition) is 2. The van der Waals surface area contributed by atoms with Gasteiger partial charge in [0.05, 0.1) is 0 Å². The van der Waals surface area contributed by atoms with Crippen molar-refractivity contribution < 1.29 is 5.11 Å². The maximum Gasteiger partial charge on any atom is 0.0500 e. The minimum absolute atomic E-state index is 0. The molecule has 0 unspecified atom stereocenters. The van der Waals surface area contributed by atoms with E-state index in [0.29, 0.717) is 0 Å². The van der Waals surface area contributed by atoms with Gasteiger partial charge in [0, 0.05) is 48.7 Å². The van der Waals surface area contributed by atoms with E-state index in [1.807, 2.05) is 6.07 Å². The lowest BCUT2D eigenvalue weighted by atomic mass is 9.80. The van der Waals surface area contributed by atoms with Gasteiger partial charge in [-0.05, 0) is 11.6 Å². The van der Waals surface area contributed by atoms with Crippen LogP contribution in [0.2, 0.25) is 0 Å². The lowest BCUT2D eigenvalue weighted by Crippen LogP contribution is -2.49. The molecule has 0 aliphatic carbocycles. The van der Waals surface area contributed by atoms with Gasteiger partial charge in [0.25, 0.3) is 0 Å². The van der Waals surface area contributed by atoms with Crippen LogP contribution >= 0.6 is 28.3 Å². The monoisotopic (exact) mass is 362 g/mol. The van der Waals surface area contributed by atoms with Gasteiger partial charge in [-0.15, -0.1) is 12.4 Å². The standard InChI is InChI=1S/C15H23BrN2O.ClH/c1-15(2,11-19)14(18-9-7-17-8-10-18)12-5-3-4-6-13(12)16;/h3-6,14,17,19H,7-11H2,1-2H3;1H/t14-;/m1./s1. The van der Waals surface area contributed by atoms with Crippen LogP contribution in [0.4, 0.5) is 0 Å². The number of hydrogen-bond acceptors (Lipinski definition) is 3. The number of nitrogens with zero attached hydrogens (tertiary/aromatic N) is 1. The second-order valence-electron chi connectivity index (χ2n) is 5.86. The van der Waals surface area contributed by atoms with Crippen LogP contribution in [0.1, 0.15) is 25.5 Å². The van der Waals surface area contributed by atoms with Gasteiger partial charge in [-0.2, -0.15) is 0 Å². The van der Waals surface area contributed by atoms with E-state index in [9.17, 15) is 5.11 Å². The van der Waals surface area contributed by atoms with Crippen LogP contribution < -0.4 is 5.32 Å². The first-order valence-corrected chi connectivity index (χ1v) is 7.65. The quantitative estimate of drug-likeness (QED) is 0.863. The molecule has 20 heavy (non-hydrogen) atoms. The average molecular weight is 364 g/mol. The van der Waals surface area contributed by atoms with Crippen molar-refractivity contribution in [3.63, 3.8) is 0 Å². The molecular weight excluding hydrogens is 340 g/mol. The van der Waals surface area contributed by atoms with E-state index in [4.69, 9.17) is 0 Å². The average Bonchev–Trinajstić information content (AvgIpc) is 2.42. The third-order valence-corrected chi connectivity index (χ3v) is 4.59. The Kier molecular flexibility index (Phi) is 6.95. The van der Waals surface area contributed by atoms with Gasteiger partial charge in [-0.3, -0.25) is 4.90 Å². The van der Waals surface area contributed by atoms with E-state index in [2.05, 4.69) is 58.2 Å². The van der Waals surface area contributed by atoms with Gasteiger partial charge in [-0.1, -0.05) is 48.0 Å². The van der Waals surface area contributed by atoms with Gasteiger partial charge in [0.15, 0.2) is 0 Å². The summed E-state index contributed by atoms with van der Waals surface area (Å²) in [6, 6.07) is 8.58. The second-order valence-corrected chi connectivity index (χ2v) is 6.71. The Morgan fingerprint density at radius 2 is 1.90 bits per heavy atom. The van der Waals surface area contributed by atoms with Crippen molar-refractivity contribution in [3.05, 3.63) is 34.3 Å². The molecule has 1 atom stereocenters. The summed E-state index contributed by atoms with van der Waals surface area (Å²) in [5.74, 6) is 0. The molecule has 1 fully saturated rings. The van der Waals surface area contributed by atoms with E-state index in [1.54, 1.807) is 0 Å². The third kappa shape index (κ3) is 3.95. The first kappa shape index (κ1) is 17.9. The maximum atomic E-state index is 9.79. The molecule has 1 aromatic carbocycles. The molecule has 1 heterocycles. The van der Waals surface area contributed by atoms with Crippen LogP contribution in [-0.4, -0.2) is 42.8 Å². The Balaban J connectivity index is 0.00000200. The van der Waals surface area contributed by atoms with Crippen molar-refractivity contribution in [1.82, 2.24) is 10.2 Å². The summed E-state index contributed by atoms with van der Waals surface area (Å²) in [5, 5.41) is 13.2. The maximum absolute atomic E-state index is 9.79. The number of piperazine rings is 1. The zero-order valence-electron chi connectivity index (χ0n) is 12.1. The number of nitrogens with one attached hydrogen (secondary N) is 1. The summed E-state index contributed by atoms with van der Waals surface area (Å²) in [6.07, 6.45) is 0. The highest BCUT2D eigenvalue weighted by atomic mass is 79.9. The first-order chi connectivity index (χ1) is 9.06. The lowest BCUT2D eigenvalue weighted by Gasteiger charge is -2.43. The topological polar surface area (TPSA) is 35.5 Å². The van der Waals surface area contributed by atoms with Gasteiger partial charge in [0.2, 0.25) is 0 Å². The van der Waals surface area contributed by atoms with Crippen molar-refractivity contribution in [2.24, 2.45) is 5.41 Å². The minimum atomic E-state index is -0.165. The predicted molar refractivity (Wildman–Crippen MR) is 89.4 cm³/mol. The molecule has 2 rings (SSSR count). The summed E-state index contributed by atoms with van der Waals surface area (Å²) in [4.78, 5) is 2.48. The molecule has 0 amide bonds. The zero-order chi connectivity index (χ0) is 13.9. The molecule has 5 heteroatoms. The van der Waals surface area contributed by atoms with Crippen LogP contribution in [0.25, 0.3) is 0 Å². The molecule has 1 saturated heterocycles. The first-order valence-electron chi connectivity index (χ1n) is 6.86. The fourth-order valence-corrected chi connectivity index (χ4v) is 3.34. The highest BCUT2D eigenvalue weighted by Crippen LogP contribution is 2.40. The molecule has 0 aromatic heterocycles. The van der Waals surface area contributed by atoms with Gasteiger partial charge < -0.3 is 10.4 Å². The van der Waals surface area contributed by atoms with Crippen LogP contribution in [0.3, 0.4) is 0 Å². The zero-order valence-corrected chi connectivity index (χ0v) is 14.5. The van der Waals surface area contributed by atoms with Crippen molar-refractivity contribution >= 4 is 28.3 Å². The second kappa shape index (κ2) is 7.76. The molecule has 1 aliphatic rings. The summed E-state index contributed by atoms with van der Waals surface area (Å²) >= 11 is 3.66. The molecular formula is C15H24BrClN2O. The molecule has 1 aromatic rings.